The lowest BCUT2D eigenvalue weighted by Crippen LogP contribution is -2.38. The van der Waals surface area contributed by atoms with Gasteiger partial charge in [-0.3, -0.25) is 4.79 Å². The number of nitrogens with zero attached hydrogens (tertiary/aromatic N) is 1. The lowest BCUT2D eigenvalue weighted by molar-refractivity contribution is -0.149. The molecule has 5 nitrogen and oxygen atoms in total. The van der Waals surface area contributed by atoms with Crippen molar-refractivity contribution in [3.63, 3.8) is 0 Å². The first-order chi connectivity index (χ1) is 11.0. The zero-order valence-corrected chi connectivity index (χ0v) is 13.3. The fraction of sp³-hybridized carbons (Fsp3) is 0.529. The number of alkyl halides is 1. The van der Waals surface area contributed by atoms with Crippen molar-refractivity contribution >= 4 is 11.9 Å². The predicted octanol–water partition coefficient (Wildman–Crippen LogP) is 2.89. The van der Waals surface area contributed by atoms with E-state index in [1.807, 2.05) is 0 Å². The number of unbranched alkanes of at least 4 members (excludes halogenated alkanes) is 2. The lowest BCUT2D eigenvalue weighted by atomic mass is 10.1. The molecule has 0 saturated carbocycles. The average Bonchev–Trinajstić information content (AvgIpc) is 2.95. The van der Waals surface area contributed by atoms with Crippen LogP contribution in [0.25, 0.3) is 0 Å². The number of ether oxygens (including phenoxy) is 1. The Labute approximate surface area is 135 Å². The topological polar surface area (TPSA) is 66.8 Å². The first-order valence-electron chi connectivity index (χ1n) is 7.91. The molecule has 126 valence electrons. The summed E-state index contributed by atoms with van der Waals surface area (Å²) in [6.07, 6.45) is 3.05. The molecule has 1 atom stereocenters. The molecular formula is C17H22FNO4. The van der Waals surface area contributed by atoms with Crippen LogP contribution in [0, 0.1) is 0 Å². The van der Waals surface area contributed by atoms with Gasteiger partial charge in [0.05, 0.1) is 13.2 Å². The number of halogens is 1. The number of amides is 1. The Kier molecular flexibility index (Phi) is 5.58. The summed E-state index contributed by atoms with van der Waals surface area (Å²) in [5, 5.41) is 8.87. The van der Waals surface area contributed by atoms with Gasteiger partial charge < -0.3 is 14.7 Å². The second-order valence-corrected chi connectivity index (χ2v) is 5.83. The summed E-state index contributed by atoms with van der Waals surface area (Å²) >= 11 is 0. The Bertz CT molecular complexity index is 560. The number of rotatable bonds is 7. The van der Waals surface area contributed by atoms with E-state index in [2.05, 4.69) is 6.92 Å². The van der Waals surface area contributed by atoms with Gasteiger partial charge in [-0.1, -0.05) is 19.8 Å². The number of benzene rings is 1. The normalized spacial score (nSPS) is 20.5. The SMILES string of the molecule is CCCCCOc1ccc(C(=O)N2CCC(F)(C(=O)O)C2)cc1. The molecule has 0 aliphatic carbocycles. The van der Waals surface area contributed by atoms with Crippen LogP contribution < -0.4 is 4.74 Å². The molecule has 0 radical (unpaired) electrons. The van der Waals surface area contributed by atoms with Gasteiger partial charge in [0.1, 0.15) is 5.75 Å². The Morgan fingerprint density at radius 2 is 2.00 bits per heavy atom. The van der Waals surface area contributed by atoms with Crippen molar-refractivity contribution in [2.24, 2.45) is 0 Å². The first kappa shape index (κ1) is 17.2. The van der Waals surface area contributed by atoms with Crippen LogP contribution in [0.1, 0.15) is 43.0 Å². The smallest absolute Gasteiger partial charge is 0.343 e. The summed E-state index contributed by atoms with van der Waals surface area (Å²) in [7, 11) is 0. The van der Waals surface area contributed by atoms with E-state index >= 15 is 0 Å². The summed E-state index contributed by atoms with van der Waals surface area (Å²) in [6.45, 7) is 2.46. The second-order valence-electron chi connectivity index (χ2n) is 5.83. The highest BCUT2D eigenvalue weighted by molar-refractivity contribution is 5.95. The molecule has 1 aromatic rings. The van der Waals surface area contributed by atoms with E-state index in [9.17, 15) is 14.0 Å². The zero-order chi connectivity index (χ0) is 16.9. The molecule has 1 aliphatic rings. The van der Waals surface area contributed by atoms with Crippen molar-refractivity contribution in [3.8, 4) is 5.75 Å². The first-order valence-corrected chi connectivity index (χ1v) is 7.91. The van der Waals surface area contributed by atoms with Crippen LogP contribution in [0.15, 0.2) is 24.3 Å². The van der Waals surface area contributed by atoms with Crippen LogP contribution in [-0.4, -0.2) is 47.2 Å². The molecule has 2 rings (SSSR count). The molecular weight excluding hydrogens is 301 g/mol. The largest absolute Gasteiger partial charge is 0.494 e. The predicted molar refractivity (Wildman–Crippen MR) is 83.5 cm³/mol. The third-order valence-electron chi connectivity index (χ3n) is 4.01. The summed E-state index contributed by atoms with van der Waals surface area (Å²) in [5.41, 5.74) is -1.93. The van der Waals surface area contributed by atoms with Crippen molar-refractivity contribution in [2.75, 3.05) is 19.7 Å². The molecule has 1 amide bonds. The van der Waals surface area contributed by atoms with E-state index in [1.165, 1.54) is 4.90 Å². The Morgan fingerprint density at radius 1 is 1.30 bits per heavy atom. The third kappa shape index (κ3) is 4.21. The number of carboxylic acid groups (broad SMARTS) is 1. The number of carbonyl (C=O) groups excluding carboxylic acids is 1. The van der Waals surface area contributed by atoms with Gasteiger partial charge in [0, 0.05) is 18.5 Å². The molecule has 0 spiro atoms. The standard InChI is InChI=1S/C17H22FNO4/c1-2-3-4-11-23-14-7-5-13(6-8-14)15(20)19-10-9-17(18,12-19)16(21)22/h5-8H,2-4,9-12H2,1H3,(H,21,22). The number of likely N-dealkylation sites (tertiary alicyclic amines) is 1. The number of carbonyl (C=O) groups is 2. The van der Waals surface area contributed by atoms with Crippen molar-refractivity contribution in [3.05, 3.63) is 29.8 Å². The summed E-state index contributed by atoms with van der Waals surface area (Å²) in [6, 6.07) is 6.65. The Balaban J connectivity index is 1.92. The van der Waals surface area contributed by atoms with Gasteiger partial charge in [-0.15, -0.1) is 0 Å². The molecule has 0 aromatic heterocycles. The molecule has 23 heavy (non-hydrogen) atoms. The van der Waals surface area contributed by atoms with Gasteiger partial charge in [-0.2, -0.15) is 0 Å². The Hall–Kier alpha value is -2.11. The monoisotopic (exact) mass is 323 g/mol. The Morgan fingerprint density at radius 3 is 2.57 bits per heavy atom. The molecule has 1 aliphatic heterocycles. The number of carboxylic acids is 1. The van der Waals surface area contributed by atoms with E-state index in [0.29, 0.717) is 17.9 Å². The maximum absolute atomic E-state index is 14.0. The minimum absolute atomic E-state index is 0.108. The number of hydrogen-bond acceptors (Lipinski definition) is 3. The number of hydrogen-bond donors (Lipinski definition) is 1. The van der Waals surface area contributed by atoms with E-state index in [0.717, 1.165) is 19.3 Å². The second kappa shape index (κ2) is 7.44. The van der Waals surface area contributed by atoms with E-state index in [1.54, 1.807) is 24.3 Å². The van der Waals surface area contributed by atoms with Crippen molar-refractivity contribution in [1.82, 2.24) is 4.90 Å². The fourth-order valence-electron chi connectivity index (χ4n) is 2.54. The van der Waals surface area contributed by atoms with Crippen LogP contribution in [0.5, 0.6) is 5.75 Å². The van der Waals surface area contributed by atoms with Gasteiger partial charge in [-0.05, 0) is 30.7 Å². The molecule has 1 aromatic carbocycles. The van der Waals surface area contributed by atoms with E-state index < -0.39 is 18.2 Å². The average molecular weight is 323 g/mol. The van der Waals surface area contributed by atoms with Crippen molar-refractivity contribution in [2.45, 2.75) is 38.3 Å². The van der Waals surface area contributed by atoms with E-state index in [4.69, 9.17) is 9.84 Å². The van der Waals surface area contributed by atoms with Gasteiger partial charge in [0.15, 0.2) is 0 Å². The quantitative estimate of drug-likeness (QED) is 0.784. The maximum atomic E-state index is 14.0. The van der Waals surface area contributed by atoms with Gasteiger partial charge in [-0.25, -0.2) is 9.18 Å². The van der Waals surface area contributed by atoms with Crippen LogP contribution in [0.3, 0.4) is 0 Å². The zero-order valence-electron chi connectivity index (χ0n) is 13.3. The lowest BCUT2D eigenvalue weighted by Gasteiger charge is -2.18. The highest BCUT2D eigenvalue weighted by Crippen LogP contribution is 2.27. The molecule has 1 fully saturated rings. The highest BCUT2D eigenvalue weighted by atomic mass is 19.1. The summed E-state index contributed by atoms with van der Waals surface area (Å²) in [4.78, 5) is 24.4. The van der Waals surface area contributed by atoms with Crippen LogP contribution >= 0.6 is 0 Å². The molecule has 1 unspecified atom stereocenters. The van der Waals surface area contributed by atoms with E-state index in [-0.39, 0.29) is 18.9 Å². The molecule has 1 N–H and O–H groups in total. The highest BCUT2D eigenvalue weighted by Gasteiger charge is 2.46. The molecule has 6 heteroatoms. The molecule has 1 saturated heterocycles. The molecule has 1 heterocycles. The van der Waals surface area contributed by atoms with Crippen molar-refractivity contribution in [1.29, 1.82) is 0 Å². The molecule has 0 bridgehead atoms. The van der Waals surface area contributed by atoms with Crippen molar-refractivity contribution < 1.29 is 23.8 Å². The number of aliphatic carboxylic acids is 1. The minimum Gasteiger partial charge on any atom is -0.494 e. The maximum Gasteiger partial charge on any atom is 0.343 e. The van der Waals surface area contributed by atoms with Crippen LogP contribution in [0.2, 0.25) is 0 Å². The van der Waals surface area contributed by atoms with Crippen LogP contribution in [-0.2, 0) is 4.79 Å². The summed E-state index contributed by atoms with van der Waals surface area (Å²) < 4.78 is 19.6. The van der Waals surface area contributed by atoms with Crippen LogP contribution in [0.4, 0.5) is 4.39 Å². The third-order valence-corrected chi connectivity index (χ3v) is 4.01. The van der Waals surface area contributed by atoms with Gasteiger partial charge in [0.2, 0.25) is 5.67 Å². The van der Waals surface area contributed by atoms with Gasteiger partial charge >= 0.3 is 5.97 Å². The van der Waals surface area contributed by atoms with Gasteiger partial charge in [0.25, 0.3) is 5.91 Å². The minimum atomic E-state index is -2.34. The fourth-order valence-corrected chi connectivity index (χ4v) is 2.54. The summed E-state index contributed by atoms with van der Waals surface area (Å²) in [5.74, 6) is -1.18.